The lowest BCUT2D eigenvalue weighted by molar-refractivity contribution is -0.00397. The van der Waals surface area contributed by atoms with Gasteiger partial charge in [-0.15, -0.1) is 0 Å². The summed E-state index contributed by atoms with van der Waals surface area (Å²) < 4.78 is 5.58. The lowest BCUT2D eigenvalue weighted by atomic mass is 9.72. The van der Waals surface area contributed by atoms with Crippen LogP contribution in [0.4, 0.5) is 4.79 Å². The molecule has 1 spiro atoms. The molecule has 1 atom stereocenters. The van der Waals surface area contributed by atoms with Gasteiger partial charge < -0.3 is 19.9 Å². The van der Waals surface area contributed by atoms with E-state index in [9.17, 15) is 4.79 Å². The standard InChI is InChI=1S/C17H31N3O2/c1-19(2)11-14-12-20(13-17(14)7-9-22-10-8-17)16(21)18-15-5-3-4-6-15/h14-15H,3-13H2,1-2H3,(H,18,21). The predicted molar refractivity (Wildman–Crippen MR) is 86.9 cm³/mol. The second-order valence-electron chi connectivity index (χ2n) is 7.75. The van der Waals surface area contributed by atoms with Crippen molar-refractivity contribution in [2.45, 2.75) is 44.6 Å². The second kappa shape index (κ2) is 6.75. The van der Waals surface area contributed by atoms with Gasteiger partial charge in [0.25, 0.3) is 0 Å². The highest BCUT2D eigenvalue weighted by molar-refractivity contribution is 5.75. The summed E-state index contributed by atoms with van der Waals surface area (Å²) in [5, 5.41) is 3.26. The van der Waals surface area contributed by atoms with Gasteiger partial charge in [0.2, 0.25) is 0 Å². The van der Waals surface area contributed by atoms with Crippen LogP contribution in [0.2, 0.25) is 0 Å². The zero-order chi connectivity index (χ0) is 15.6. The number of carbonyl (C=O) groups is 1. The maximum atomic E-state index is 12.6. The molecule has 0 aromatic heterocycles. The summed E-state index contributed by atoms with van der Waals surface area (Å²) in [5.74, 6) is 0.570. The van der Waals surface area contributed by atoms with Crippen LogP contribution in [-0.4, -0.2) is 68.8 Å². The monoisotopic (exact) mass is 309 g/mol. The third-order valence-electron chi connectivity index (χ3n) is 5.86. The maximum Gasteiger partial charge on any atom is 0.317 e. The summed E-state index contributed by atoms with van der Waals surface area (Å²) in [7, 11) is 4.27. The molecule has 3 aliphatic rings. The number of hydrogen-bond donors (Lipinski definition) is 1. The van der Waals surface area contributed by atoms with Crippen molar-refractivity contribution >= 4 is 6.03 Å². The van der Waals surface area contributed by atoms with E-state index >= 15 is 0 Å². The van der Waals surface area contributed by atoms with Crippen molar-refractivity contribution in [1.29, 1.82) is 0 Å². The molecule has 2 heterocycles. The van der Waals surface area contributed by atoms with Gasteiger partial charge in [-0.2, -0.15) is 0 Å². The fourth-order valence-electron chi connectivity index (χ4n) is 4.56. The fraction of sp³-hybridized carbons (Fsp3) is 0.941. The molecule has 0 aromatic carbocycles. The van der Waals surface area contributed by atoms with E-state index in [0.717, 1.165) is 58.5 Å². The van der Waals surface area contributed by atoms with Gasteiger partial charge in [0, 0.05) is 38.9 Å². The van der Waals surface area contributed by atoms with Gasteiger partial charge >= 0.3 is 6.03 Å². The van der Waals surface area contributed by atoms with Crippen molar-refractivity contribution in [3.63, 3.8) is 0 Å². The summed E-state index contributed by atoms with van der Waals surface area (Å²) in [6.45, 7) is 4.57. The molecule has 5 heteroatoms. The normalized spacial score (nSPS) is 28.7. The summed E-state index contributed by atoms with van der Waals surface area (Å²) in [6.07, 6.45) is 7.02. The van der Waals surface area contributed by atoms with E-state index in [1.807, 2.05) is 0 Å². The first-order chi connectivity index (χ1) is 10.6. The molecule has 1 aliphatic carbocycles. The molecule has 1 unspecified atom stereocenters. The molecule has 0 radical (unpaired) electrons. The second-order valence-corrected chi connectivity index (χ2v) is 7.75. The minimum Gasteiger partial charge on any atom is -0.381 e. The van der Waals surface area contributed by atoms with Gasteiger partial charge in [-0.05, 0) is 51.1 Å². The number of nitrogens with one attached hydrogen (secondary N) is 1. The number of nitrogens with zero attached hydrogens (tertiary/aromatic N) is 2. The first-order valence-electron chi connectivity index (χ1n) is 8.87. The lowest BCUT2D eigenvalue weighted by Crippen LogP contribution is -2.44. The highest BCUT2D eigenvalue weighted by Gasteiger charge is 2.48. The van der Waals surface area contributed by atoms with Crippen molar-refractivity contribution in [2.24, 2.45) is 11.3 Å². The van der Waals surface area contributed by atoms with E-state index in [1.165, 1.54) is 12.8 Å². The van der Waals surface area contributed by atoms with E-state index in [2.05, 4.69) is 29.2 Å². The number of hydrogen-bond acceptors (Lipinski definition) is 3. The van der Waals surface area contributed by atoms with Crippen molar-refractivity contribution < 1.29 is 9.53 Å². The zero-order valence-electron chi connectivity index (χ0n) is 14.1. The Labute approximate surface area is 134 Å². The lowest BCUT2D eigenvalue weighted by Gasteiger charge is -2.38. The number of rotatable bonds is 3. The van der Waals surface area contributed by atoms with Crippen LogP contribution in [0.25, 0.3) is 0 Å². The number of urea groups is 1. The van der Waals surface area contributed by atoms with Gasteiger partial charge in [0.1, 0.15) is 0 Å². The Balaban J connectivity index is 1.64. The third-order valence-corrected chi connectivity index (χ3v) is 5.86. The topological polar surface area (TPSA) is 44.8 Å². The number of amides is 2. The Morgan fingerprint density at radius 3 is 2.59 bits per heavy atom. The molecule has 3 rings (SSSR count). The van der Waals surface area contributed by atoms with Crippen LogP contribution in [0.15, 0.2) is 0 Å². The van der Waals surface area contributed by atoms with E-state index in [4.69, 9.17) is 4.74 Å². The van der Waals surface area contributed by atoms with Crippen LogP contribution in [0, 0.1) is 11.3 Å². The van der Waals surface area contributed by atoms with Crippen LogP contribution < -0.4 is 5.32 Å². The smallest absolute Gasteiger partial charge is 0.317 e. The molecule has 5 nitrogen and oxygen atoms in total. The van der Waals surface area contributed by atoms with Crippen molar-refractivity contribution in [1.82, 2.24) is 15.1 Å². The average molecular weight is 309 g/mol. The van der Waals surface area contributed by atoms with E-state index < -0.39 is 0 Å². The highest BCUT2D eigenvalue weighted by atomic mass is 16.5. The van der Waals surface area contributed by atoms with Crippen molar-refractivity contribution in [3.8, 4) is 0 Å². The van der Waals surface area contributed by atoms with Crippen LogP contribution in [0.1, 0.15) is 38.5 Å². The molecule has 0 bridgehead atoms. The first-order valence-corrected chi connectivity index (χ1v) is 8.87. The molecule has 2 saturated heterocycles. The molecular formula is C17H31N3O2. The van der Waals surface area contributed by atoms with E-state index in [-0.39, 0.29) is 11.4 Å². The van der Waals surface area contributed by atoms with Crippen LogP contribution in [0.3, 0.4) is 0 Å². The van der Waals surface area contributed by atoms with Crippen molar-refractivity contribution in [3.05, 3.63) is 0 Å². The number of carbonyl (C=O) groups excluding carboxylic acids is 1. The maximum absolute atomic E-state index is 12.6. The Kier molecular flexibility index (Phi) is 4.93. The van der Waals surface area contributed by atoms with Gasteiger partial charge in [-0.3, -0.25) is 0 Å². The Hall–Kier alpha value is -0.810. The van der Waals surface area contributed by atoms with Gasteiger partial charge in [0.05, 0.1) is 0 Å². The predicted octanol–water partition coefficient (Wildman–Crippen LogP) is 1.93. The third kappa shape index (κ3) is 3.40. The molecule has 0 aromatic rings. The minimum absolute atomic E-state index is 0.166. The van der Waals surface area contributed by atoms with Crippen LogP contribution >= 0.6 is 0 Å². The van der Waals surface area contributed by atoms with Gasteiger partial charge in [-0.25, -0.2) is 4.79 Å². The molecule has 3 fully saturated rings. The first kappa shape index (κ1) is 16.1. The Bertz CT molecular complexity index is 387. The summed E-state index contributed by atoms with van der Waals surface area (Å²) in [4.78, 5) is 17.0. The van der Waals surface area contributed by atoms with E-state index in [1.54, 1.807) is 0 Å². The van der Waals surface area contributed by atoms with Crippen molar-refractivity contribution in [2.75, 3.05) is 46.9 Å². The van der Waals surface area contributed by atoms with Crippen LogP contribution in [0.5, 0.6) is 0 Å². The summed E-state index contributed by atoms with van der Waals surface area (Å²) in [5.41, 5.74) is 0.273. The fourth-order valence-corrected chi connectivity index (χ4v) is 4.56. The minimum atomic E-state index is 0.166. The van der Waals surface area contributed by atoms with Gasteiger partial charge in [0.15, 0.2) is 0 Å². The molecule has 1 saturated carbocycles. The molecular weight excluding hydrogens is 278 g/mol. The number of ether oxygens (including phenoxy) is 1. The average Bonchev–Trinajstić information content (AvgIpc) is 3.09. The zero-order valence-corrected chi connectivity index (χ0v) is 14.1. The molecule has 22 heavy (non-hydrogen) atoms. The van der Waals surface area contributed by atoms with Gasteiger partial charge in [-0.1, -0.05) is 12.8 Å². The van der Waals surface area contributed by atoms with E-state index in [0.29, 0.717) is 12.0 Å². The summed E-state index contributed by atoms with van der Waals surface area (Å²) in [6, 6.07) is 0.574. The Morgan fingerprint density at radius 1 is 1.27 bits per heavy atom. The molecule has 2 aliphatic heterocycles. The quantitative estimate of drug-likeness (QED) is 0.866. The Morgan fingerprint density at radius 2 is 1.95 bits per heavy atom. The summed E-state index contributed by atoms with van der Waals surface area (Å²) >= 11 is 0. The SMILES string of the molecule is CN(C)CC1CN(C(=O)NC2CCCC2)CC12CCOCC2. The largest absolute Gasteiger partial charge is 0.381 e. The number of likely N-dealkylation sites (tertiary alicyclic amines) is 1. The molecule has 2 amide bonds. The molecule has 126 valence electrons. The van der Waals surface area contributed by atoms with Crippen LogP contribution in [-0.2, 0) is 4.74 Å². The molecule has 1 N–H and O–H groups in total. The highest BCUT2D eigenvalue weighted by Crippen LogP contribution is 2.44.